The monoisotopic (exact) mass is 259 g/mol. The van der Waals surface area contributed by atoms with Crippen molar-refractivity contribution >= 4 is 6.09 Å². The van der Waals surface area contributed by atoms with E-state index in [9.17, 15) is 4.79 Å². The van der Waals surface area contributed by atoms with E-state index in [0.717, 1.165) is 12.8 Å². The number of hydrogen-bond acceptors (Lipinski definition) is 2. The van der Waals surface area contributed by atoms with Gasteiger partial charge in [0.15, 0.2) is 0 Å². The van der Waals surface area contributed by atoms with Crippen LogP contribution >= 0.6 is 0 Å². The van der Waals surface area contributed by atoms with Crippen LogP contribution in [-0.4, -0.2) is 23.1 Å². The molecule has 2 fully saturated rings. The lowest BCUT2D eigenvalue weighted by Crippen LogP contribution is -2.39. The summed E-state index contributed by atoms with van der Waals surface area (Å²) in [5.41, 5.74) is 1.19. The molecule has 0 N–H and O–H groups in total. The molecular weight excluding hydrogens is 238 g/mol. The van der Waals surface area contributed by atoms with Gasteiger partial charge in [-0.25, -0.2) is 4.79 Å². The summed E-state index contributed by atoms with van der Waals surface area (Å²) >= 11 is 0. The van der Waals surface area contributed by atoms with Gasteiger partial charge in [0, 0.05) is 6.04 Å². The van der Waals surface area contributed by atoms with Crippen LogP contribution in [0.5, 0.6) is 0 Å². The molecule has 2 aliphatic rings. The van der Waals surface area contributed by atoms with E-state index in [-0.39, 0.29) is 18.2 Å². The van der Waals surface area contributed by atoms with Crippen molar-refractivity contribution in [2.75, 3.05) is 0 Å². The molecule has 102 valence electrons. The lowest BCUT2D eigenvalue weighted by atomic mass is 9.91. The van der Waals surface area contributed by atoms with Crippen molar-refractivity contribution in [3.8, 4) is 0 Å². The van der Waals surface area contributed by atoms with E-state index < -0.39 is 0 Å². The number of rotatable bonds is 2. The van der Waals surface area contributed by atoms with Crippen molar-refractivity contribution in [3.05, 3.63) is 35.9 Å². The largest absolute Gasteiger partial charge is 0.444 e. The molecule has 2 unspecified atom stereocenters. The maximum atomic E-state index is 12.2. The molecule has 1 aliphatic heterocycles. The standard InChI is InChI=1S/C16H21NO2/c1-12-15(13-8-4-2-5-9-13)17(16(18)19-12)14-10-6-3-7-11-14/h2,4-5,8-9,12,14-15H,3,6-7,10-11H2,1H3. The highest BCUT2D eigenvalue weighted by Crippen LogP contribution is 2.38. The topological polar surface area (TPSA) is 29.5 Å². The minimum Gasteiger partial charge on any atom is -0.444 e. The summed E-state index contributed by atoms with van der Waals surface area (Å²) < 4.78 is 5.48. The molecule has 1 saturated carbocycles. The number of hydrogen-bond donors (Lipinski definition) is 0. The Morgan fingerprint density at radius 1 is 1.11 bits per heavy atom. The van der Waals surface area contributed by atoms with Gasteiger partial charge >= 0.3 is 6.09 Å². The van der Waals surface area contributed by atoms with Crippen molar-refractivity contribution in [1.82, 2.24) is 4.90 Å². The number of nitrogens with zero attached hydrogens (tertiary/aromatic N) is 1. The number of ether oxygens (including phenoxy) is 1. The summed E-state index contributed by atoms with van der Waals surface area (Å²) in [7, 11) is 0. The molecule has 3 rings (SSSR count). The van der Waals surface area contributed by atoms with Crippen molar-refractivity contribution in [1.29, 1.82) is 0 Å². The van der Waals surface area contributed by atoms with Crippen LogP contribution in [-0.2, 0) is 4.74 Å². The van der Waals surface area contributed by atoms with Gasteiger partial charge in [-0.3, -0.25) is 4.90 Å². The number of amides is 1. The molecule has 1 amide bonds. The Kier molecular flexibility index (Phi) is 3.45. The zero-order valence-electron chi connectivity index (χ0n) is 11.4. The van der Waals surface area contributed by atoms with Gasteiger partial charge in [0.2, 0.25) is 0 Å². The van der Waals surface area contributed by atoms with Gasteiger partial charge in [0.25, 0.3) is 0 Å². The molecular formula is C16H21NO2. The fourth-order valence-corrected chi connectivity index (χ4v) is 3.44. The van der Waals surface area contributed by atoms with Crippen molar-refractivity contribution in [2.45, 2.75) is 57.2 Å². The second-order valence-corrected chi connectivity index (χ2v) is 5.64. The molecule has 1 aliphatic carbocycles. The quantitative estimate of drug-likeness (QED) is 0.806. The van der Waals surface area contributed by atoms with Crippen molar-refractivity contribution in [2.24, 2.45) is 0 Å². The molecule has 1 aromatic rings. The van der Waals surface area contributed by atoms with Crippen LogP contribution in [0.25, 0.3) is 0 Å². The zero-order chi connectivity index (χ0) is 13.2. The summed E-state index contributed by atoms with van der Waals surface area (Å²) in [4.78, 5) is 14.2. The summed E-state index contributed by atoms with van der Waals surface area (Å²) in [5, 5.41) is 0. The highest BCUT2D eigenvalue weighted by atomic mass is 16.6. The molecule has 1 aromatic carbocycles. The Labute approximate surface area is 114 Å². The Balaban J connectivity index is 1.88. The highest BCUT2D eigenvalue weighted by Gasteiger charge is 2.43. The number of cyclic esters (lactones) is 1. The maximum Gasteiger partial charge on any atom is 0.411 e. The van der Waals surface area contributed by atoms with Crippen LogP contribution in [0.1, 0.15) is 50.6 Å². The lowest BCUT2D eigenvalue weighted by molar-refractivity contribution is 0.127. The highest BCUT2D eigenvalue weighted by molar-refractivity contribution is 5.71. The third-order valence-corrected chi connectivity index (χ3v) is 4.35. The molecule has 0 aromatic heterocycles. The van der Waals surface area contributed by atoms with Crippen molar-refractivity contribution in [3.63, 3.8) is 0 Å². The van der Waals surface area contributed by atoms with Crippen molar-refractivity contribution < 1.29 is 9.53 Å². The number of carbonyl (C=O) groups is 1. The van der Waals surface area contributed by atoms with Crippen LogP contribution in [0.15, 0.2) is 30.3 Å². The molecule has 1 saturated heterocycles. The van der Waals surface area contributed by atoms with E-state index in [1.54, 1.807) is 0 Å². The van der Waals surface area contributed by atoms with Gasteiger partial charge in [-0.05, 0) is 25.3 Å². The van der Waals surface area contributed by atoms with E-state index in [1.165, 1.54) is 24.8 Å². The van der Waals surface area contributed by atoms with Gasteiger partial charge in [0.1, 0.15) is 6.10 Å². The molecule has 3 heteroatoms. The minimum absolute atomic E-state index is 0.0585. The third-order valence-electron chi connectivity index (χ3n) is 4.35. The summed E-state index contributed by atoms with van der Waals surface area (Å²) in [5.74, 6) is 0. The zero-order valence-corrected chi connectivity index (χ0v) is 11.4. The SMILES string of the molecule is CC1OC(=O)N(C2CCCCC2)C1c1ccccc1. The van der Waals surface area contributed by atoms with Gasteiger partial charge in [-0.1, -0.05) is 49.6 Å². The maximum absolute atomic E-state index is 12.2. The van der Waals surface area contributed by atoms with Crippen LogP contribution in [0.4, 0.5) is 4.79 Å². The second kappa shape index (κ2) is 5.24. The first-order valence-corrected chi connectivity index (χ1v) is 7.31. The minimum atomic E-state index is -0.131. The molecule has 2 atom stereocenters. The summed E-state index contributed by atoms with van der Waals surface area (Å²) in [6.45, 7) is 2.00. The lowest BCUT2D eigenvalue weighted by Gasteiger charge is -2.34. The summed E-state index contributed by atoms with van der Waals surface area (Å²) in [6.07, 6.45) is 5.79. The number of carbonyl (C=O) groups excluding carboxylic acids is 1. The van der Waals surface area contributed by atoms with Gasteiger partial charge in [-0.15, -0.1) is 0 Å². The van der Waals surface area contributed by atoms with E-state index in [2.05, 4.69) is 12.1 Å². The third kappa shape index (κ3) is 2.34. The van der Waals surface area contributed by atoms with E-state index in [4.69, 9.17) is 4.74 Å². The van der Waals surface area contributed by atoms with Crippen LogP contribution in [0.2, 0.25) is 0 Å². The fraction of sp³-hybridized carbons (Fsp3) is 0.562. The average molecular weight is 259 g/mol. The van der Waals surface area contributed by atoms with Crippen LogP contribution < -0.4 is 0 Å². The average Bonchev–Trinajstić information content (AvgIpc) is 2.75. The Hall–Kier alpha value is -1.51. The molecule has 3 nitrogen and oxygen atoms in total. The molecule has 1 heterocycles. The fourth-order valence-electron chi connectivity index (χ4n) is 3.44. The smallest absolute Gasteiger partial charge is 0.411 e. The molecule has 0 radical (unpaired) electrons. The Morgan fingerprint density at radius 3 is 2.47 bits per heavy atom. The first kappa shape index (κ1) is 12.5. The van der Waals surface area contributed by atoms with Crippen LogP contribution in [0, 0.1) is 0 Å². The van der Waals surface area contributed by atoms with E-state index >= 15 is 0 Å². The van der Waals surface area contributed by atoms with Gasteiger partial charge in [0.05, 0.1) is 6.04 Å². The summed E-state index contributed by atoms with van der Waals surface area (Å²) in [6, 6.07) is 10.7. The predicted octanol–water partition coefficient (Wildman–Crippen LogP) is 3.90. The molecule has 0 spiro atoms. The molecule has 0 bridgehead atoms. The van der Waals surface area contributed by atoms with Crippen LogP contribution in [0.3, 0.4) is 0 Å². The second-order valence-electron chi connectivity index (χ2n) is 5.64. The van der Waals surface area contributed by atoms with Gasteiger partial charge in [-0.2, -0.15) is 0 Å². The Bertz CT molecular complexity index is 439. The van der Waals surface area contributed by atoms with E-state index in [1.807, 2.05) is 30.0 Å². The normalized spacial score (nSPS) is 28.5. The predicted molar refractivity (Wildman–Crippen MR) is 73.8 cm³/mol. The number of benzene rings is 1. The molecule has 19 heavy (non-hydrogen) atoms. The first-order chi connectivity index (χ1) is 9.27. The Morgan fingerprint density at radius 2 is 1.79 bits per heavy atom. The van der Waals surface area contributed by atoms with E-state index in [0.29, 0.717) is 6.04 Å². The first-order valence-electron chi connectivity index (χ1n) is 7.31. The van der Waals surface area contributed by atoms with Gasteiger partial charge < -0.3 is 4.74 Å².